The fourth-order valence-electron chi connectivity index (χ4n) is 6.67. The first-order chi connectivity index (χ1) is 23.0. The molecule has 48 heavy (non-hydrogen) atoms. The molecule has 1 aromatic heterocycles. The maximum atomic E-state index is 13.0. The second-order valence-electron chi connectivity index (χ2n) is 13.2. The number of aliphatic hydroxyl groups is 1. The molecule has 2 bridgehead atoms. The van der Waals surface area contributed by atoms with Crippen LogP contribution in [-0.4, -0.2) is 69.8 Å². The maximum absolute atomic E-state index is 13.0. The van der Waals surface area contributed by atoms with Gasteiger partial charge in [0.2, 0.25) is 13.7 Å². The summed E-state index contributed by atoms with van der Waals surface area (Å²) in [6.45, 7) is 11.3. The van der Waals surface area contributed by atoms with E-state index in [1.165, 1.54) is 12.0 Å². The molecule has 260 valence electrons. The third kappa shape index (κ3) is 10.3. The van der Waals surface area contributed by atoms with E-state index in [2.05, 4.69) is 28.6 Å². The van der Waals surface area contributed by atoms with Crippen LogP contribution in [0.1, 0.15) is 70.1 Å². The molecule has 10 heteroatoms. The molecule has 3 fully saturated rings. The first-order valence-corrected chi connectivity index (χ1v) is 19.1. The van der Waals surface area contributed by atoms with Crippen LogP contribution in [0.15, 0.2) is 79.5 Å². The van der Waals surface area contributed by atoms with Crippen molar-refractivity contribution in [3.8, 4) is 0 Å². The van der Waals surface area contributed by atoms with Crippen LogP contribution in [0.25, 0.3) is 10.9 Å². The molecule has 6 rings (SSSR count). The van der Waals surface area contributed by atoms with Gasteiger partial charge in [0.25, 0.3) is 0 Å². The van der Waals surface area contributed by atoms with E-state index in [-0.39, 0.29) is 24.5 Å². The van der Waals surface area contributed by atoms with Gasteiger partial charge in [-0.05, 0) is 73.7 Å². The molecule has 2 N–H and O–H groups in total. The highest BCUT2D eigenvalue weighted by Gasteiger charge is 2.42. The summed E-state index contributed by atoms with van der Waals surface area (Å²) in [7, 11) is -3.45. The Morgan fingerprint density at radius 2 is 1.83 bits per heavy atom. The SMILES string of the molecule is C=C[C@H]1CN2CC[C@H]1C[C@H]2[C@H](O)c1ccnc2ccccc12.CCC(=O)O[C@@H](O[P@](=O)(CCCCc1ccccc1)CC(=O)O)C(C)C. The van der Waals surface area contributed by atoms with E-state index in [1.807, 2.05) is 60.8 Å². The topological polar surface area (TPSA) is 126 Å². The number of rotatable bonds is 15. The number of hydrogen-bond donors (Lipinski definition) is 2. The third-order valence-electron chi connectivity index (χ3n) is 9.33. The molecule has 4 heterocycles. The molecule has 1 unspecified atom stereocenters. The molecular formula is C38H51N2O7P. The highest BCUT2D eigenvalue weighted by atomic mass is 31.2. The smallest absolute Gasteiger partial charge is 0.313 e. The lowest BCUT2D eigenvalue weighted by Crippen LogP contribution is -2.54. The molecule has 3 aromatic rings. The van der Waals surface area contributed by atoms with Gasteiger partial charge in [-0.2, -0.15) is 0 Å². The Balaban J connectivity index is 0.000000219. The zero-order chi connectivity index (χ0) is 34.7. The Morgan fingerprint density at radius 1 is 1.10 bits per heavy atom. The molecule has 0 radical (unpaired) electrons. The zero-order valence-electron chi connectivity index (χ0n) is 28.4. The number of piperidine rings is 3. The molecule has 9 nitrogen and oxygen atoms in total. The zero-order valence-corrected chi connectivity index (χ0v) is 29.3. The summed E-state index contributed by atoms with van der Waals surface area (Å²) in [5.41, 5.74) is 3.15. The number of aliphatic hydroxyl groups excluding tert-OH is 1. The van der Waals surface area contributed by atoms with E-state index < -0.39 is 37.9 Å². The van der Waals surface area contributed by atoms with Crippen molar-refractivity contribution in [3.05, 3.63) is 90.6 Å². The summed E-state index contributed by atoms with van der Waals surface area (Å²) in [5, 5.41) is 21.2. The van der Waals surface area contributed by atoms with Gasteiger partial charge in [-0.25, -0.2) is 0 Å². The predicted molar refractivity (Wildman–Crippen MR) is 189 cm³/mol. The van der Waals surface area contributed by atoms with Gasteiger partial charge in [0.05, 0.1) is 11.6 Å². The number of aryl methyl sites for hydroxylation is 1. The fraction of sp³-hybridized carbons (Fsp3) is 0.500. The highest BCUT2D eigenvalue weighted by molar-refractivity contribution is 7.59. The average molecular weight is 679 g/mol. The van der Waals surface area contributed by atoms with Crippen LogP contribution in [-0.2, 0) is 29.8 Å². The van der Waals surface area contributed by atoms with Crippen molar-refractivity contribution in [2.75, 3.05) is 25.4 Å². The number of hydrogen-bond acceptors (Lipinski definition) is 8. The molecule has 2 aromatic carbocycles. The number of fused-ring (bicyclic) bond motifs is 4. The van der Waals surface area contributed by atoms with Crippen LogP contribution >= 0.6 is 7.37 Å². The summed E-state index contributed by atoms with van der Waals surface area (Å²) in [6, 6.07) is 20.2. The van der Waals surface area contributed by atoms with Crippen LogP contribution in [0.4, 0.5) is 0 Å². The Morgan fingerprint density at radius 3 is 2.48 bits per heavy atom. The van der Waals surface area contributed by atoms with E-state index in [0.29, 0.717) is 18.3 Å². The number of carbonyl (C=O) groups excluding carboxylic acids is 1. The highest BCUT2D eigenvalue weighted by Crippen LogP contribution is 2.50. The van der Waals surface area contributed by atoms with Crippen LogP contribution < -0.4 is 0 Å². The third-order valence-corrected chi connectivity index (χ3v) is 11.7. The Labute approximate surface area is 284 Å². The minimum Gasteiger partial charge on any atom is -0.481 e. The van der Waals surface area contributed by atoms with Crippen molar-refractivity contribution in [1.29, 1.82) is 0 Å². The van der Waals surface area contributed by atoms with Gasteiger partial charge in [0.1, 0.15) is 6.16 Å². The number of carboxylic acids is 1. The lowest BCUT2D eigenvalue weighted by atomic mass is 9.73. The summed E-state index contributed by atoms with van der Waals surface area (Å²) in [4.78, 5) is 29.5. The summed E-state index contributed by atoms with van der Waals surface area (Å²) >= 11 is 0. The first-order valence-electron chi connectivity index (χ1n) is 17.1. The molecule has 0 amide bonds. The van der Waals surface area contributed by atoms with Gasteiger partial charge in [-0.3, -0.25) is 28.6 Å². The van der Waals surface area contributed by atoms with Crippen molar-refractivity contribution in [2.24, 2.45) is 17.8 Å². The number of aliphatic carboxylic acids is 1. The molecule has 7 atom stereocenters. The van der Waals surface area contributed by atoms with Gasteiger partial charge in [0.15, 0.2) is 0 Å². The standard InChI is InChI=1S/C19H22N2O.C19H29O6P/c1-2-13-12-21-10-8-14(13)11-18(21)19(22)16-7-9-20-17-6-4-3-5-15(16)17;1-4-18(22)24-19(15(2)3)25-26(23,14-17(20)21)13-9-8-12-16-10-6-5-7-11-16/h2-7,9,13-14,18-19,22H,1,8,10-12H2;5-7,10-11,15,19H,4,8-9,12-14H2,1-3H3,(H,20,21)/t13-,14-,18-,19+;19-,26+/m00/s1. The van der Waals surface area contributed by atoms with Crippen molar-refractivity contribution in [2.45, 2.75) is 77.7 Å². The van der Waals surface area contributed by atoms with Crippen LogP contribution in [0.3, 0.4) is 0 Å². The number of unbranched alkanes of at least 4 members (excludes halogenated alkanes) is 1. The molecule has 0 aliphatic carbocycles. The van der Waals surface area contributed by atoms with Crippen LogP contribution in [0.5, 0.6) is 0 Å². The van der Waals surface area contributed by atoms with Crippen LogP contribution in [0.2, 0.25) is 0 Å². The molecule has 3 aliphatic rings. The Kier molecular flexibility index (Phi) is 13.9. The summed E-state index contributed by atoms with van der Waals surface area (Å²) < 4.78 is 23.8. The van der Waals surface area contributed by atoms with Crippen LogP contribution in [0, 0.1) is 17.8 Å². The van der Waals surface area contributed by atoms with Gasteiger partial charge in [0, 0.05) is 42.7 Å². The number of carboxylic acid groups (broad SMARTS) is 1. The second kappa shape index (κ2) is 17.9. The number of esters is 1. The molecule has 3 saturated heterocycles. The predicted octanol–water partition coefficient (Wildman–Crippen LogP) is 7.49. The van der Waals surface area contributed by atoms with Gasteiger partial charge in [-0.15, -0.1) is 6.58 Å². The molecule has 3 aliphatic heterocycles. The average Bonchev–Trinajstić information content (AvgIpc) is 3.09. The number of carbonyl (C=O) groups is 2. The number of ether oxygens (including phenoxy) is 1. The maximum Gasteiger partial charge on any atom is 0.313 e. The van der Waals surface area contributed by atoms with Gasteiger partial charge < -0.3 is 14.9 Å². The lowest BCUT2D eigenvalue weighted by molar-refractivity contribution is -0.169. The Bertz CT molecular complexity index is 1540. The van der Waals surface area contributed by atoms with Crippen molar-refractivity contribution < 1.29 is 33.6 Å². The van der Waals surface area contributed by atoms with E-state index in [4.69, 9.17) is 14.4 Å². The normalized spacial score (nSPS) is 22.6. The molecular weight excluding hydrogens is 627 g/mol. The summed E-state index contributed by atoms with van der Waals surface area (Å²) in [6.07, 6.45) is 6.70. The number of para-hydroxylation sites is 1. The Hall–Kier alpha value is -3.36. The van der Waals surface area contributed by atoms with E-state index in [9.17, 15) is 19.3 Å². The fourth-order valence-corrected chi connectivity index (χ4v) is 8.79. The van der Waals surface area contributed by atoms with Crippen molar-refractivity contribution in [3.63, 3.8) is 0 Å². The molecule has 0 saturated carbocycles. The van der Waals surface area contributed by atoms with Gasteiger partial charge in [-0.1, -0.05) is 75.4 Å². The van der Waals surface area contributed by atoms with E-state index in [1.54, 1.807) is 20.8 Å². The molecule has 0 spiro atoms. The number of benzene rings is 2. The minimum absolute atomic E-state index is 0.152. The monoisotopic (exact) mass is 678 g/mol. The van der Waals surface area contributed by atoms with E-state index >= 15 is 0 Å². The van der Waals surface area contributed by atoms with Gasteiger partial charge >= 0.3 is 11.9 Å². The lowest BCUT2D eigenvalue weighted by Gasteiger charge is -2.50. The number of pyridine rings is 1. The minimum atomic E-state index is -3.45. The largest absolute Gasteiger partial charge is 0.481 e. The van der Waals surface area contributed by atoms with E-state index in [0.717, 1.165) is 48.8 Å². The quantitative estimate of drug-likeness (QED) is 0.0553. The van der Waals surface area contributed by atoms with Crippen molar-refractivity contribution in [1.82, 2.24) is 9.88 Å². The number of nitrogens with zero attached hydrogens (tertiary/aromatic N) is 2. The van der Waals surface area contributed by atoms with Crippen molar-refractivity contribution >= 4 is 30.2 Å². The summed E-state index contributed by atoms with van der Waals surface area (Å²) in [5.74, 6) is -0.603. The first kappa shape index (κ1) is 37.5. The second-order valence-corrected chi connectivity index (χ2v) is 15.8. The number of aromatic nitrogens is 1.